The highest BCUT2D eigenvalue weighted by atomic mass is 16.5. The molecule has 0 heterocycles. The van der Waals surface area contributed by atoms with Crippen molar-refractivity contribution in [1.29, 1.82) is 0 Å². The lowest BCUT2D eigenvalue weighted by molar-refractivity contribution is -0.149. The number of rotatable bonds is 3. The first kappa shape index (κ1) is 12.2. The molecule has 0 saturated heterocycles. The standard InChI is InChI=1S/C11H19NO3/c1-9(13)12(11(14)8-15-2)10-6-4-3-5-7-10/h10H,3-8H2,1-2H3. The molecule has 15 heavy (non-hydrogen) atoms. The third-order valence-electron chi connectivity index (χ3n) is 2.82. The van der Waals surface area contributed by atoms with Crippen LogP contribution >= 0.6 is 0 Å². The lowest BCUT2D eigenvalue weighted by Crippen LogP contribution is -2.46. The maximum atomic E-state index is 11.7. The molecule has 0 bridgehead atoms. The van der Waals surface area contributed by atoms with Crippen molar-refractivity contribution < 1.29 is 14.3 Å². The molecule has 4 nitrogen and oxygen atoms in total. The largest absolute Gasteiger partial charge is 0.375 e. The van der Waals surface area contributed by atoms with Crippen molar-refractivity contribution in [2.24, 2.45) is 0 Å². The van der Waals surface area contributed by atoms with Gasteiger partial charge in [0.25, 0.3) is 5.91 Å². The SMILES string of the molecule is COCC(=O)N(C(C)=O)C1CCCCC1. The van der Waals surface area contributed by atoms with E-state index in [2.05, 4.69) is 0 Å². The third kappa shape index (κ3) is 3.30. The Kier molecular flexibility index (Phi) is 4.75. The molecule has 0 radical (unpaired) electrons. The molecule has 1 aliphatic carbocycles. The van der Waals surface area contributed by atoms with Gasteiger partial charge in [-0.25, -0.2) is 0 Å². The van der Waals surface area contributed by atoms with E-state index in [1.165, 1.54) is 25.4 Å². The Bertz CT molecular complexity index is 234. The van der Waals surface area contributed by atoms with Crippen LogP contribution in [0, 0.1) is 0 Å². The molecule has 0 aliphatic heterocycles. The summed E-state index contributed by atoms with van der Waals surface area (Å²) in [6.45, 7) is 1.44. The average Bonchev–Trinajstić information content (AvgIpc) is 2.19. The first-order valence-corrected chi connectivity index (χ1v) is 5.48. The Labute approximate surface area is 90.6 Å². The first-order valence-electron chi connectivity index (χ1n) is 5.48. The van der Waals surface area contributed by atoms with Crippen LogP contribution in [0.3, 0.4) is 0 Å². The van der Waals surface area contributed by atoms with Crippen molar-refractivity contribution in [3.63, 3.8) is 0 Å². The Morgan fingerprint density at radius 3 is 2.33 bits per heavy atom. The summed E-state index contributed by atoms with van der Waals surface area (Å²) in [7, 11) is 1.47. The fourth-order valence-electron chi connectivity index (χ4n) is 2.17. The molecule has 0 atom stereocenters. The van der Waals surface area contributed by atoms with Gasteiger partial charge in [0.2, 0.25) is 5.91 Å². The van der Waals surface area contributed by atoms with Gasteiger partial charge in [-0.1, -0.05) is 19.3 Å². The van der Waals surface area contributed by atoms with Crippen molar-refractivity contribution in [1.82, 2.24) is 4.90 Å². The van der Waals surface area contributed by atoms with Crippen LogP contribution in [-0.4, -0.2) is 36.5 Å². The predicted molar refractivity (Wildman–Crippen MR) is 56.3 cm³/mol. The van der Waals surface area contributed by atoms with E-state index in [0.717, 1.165) is 25.7 Å². The van der Waals surface area contributed by atoms with Gasteiger partial charge in [-0.05, 0) is 12.8 Å². The number of hydrogen-bond acceptors (Lipinski definition) is 3. The summed E-state index contributed by atoms with van der Waals surface area (Å²) in [4.78, 5) is 24.5. The zero-order valence-electron chi connectivity index (χ0n) is 9.49. The summed E-state index contributed by atoms with van der Waals surface area (Å²) in [6.07, 6.45) is 5.30. The Balaban J connectivity index is 2.63. The number of carbonyl (C=O) groups is 2. The van der Waals surface area contributed by atoms with E-state index in [-0.39, 0.29) is 24.5 Å². The van der Waals surface area contributed by atoms with Gasteiger partial charge in [-0.2, -0.15) is 0 Å². The number of amides is 2. The van der Waals surface area contributed by atoms with E-state index in [0.29, 0.717) is 0 Å². The van der Waals surface area contributed by atoms with Gasteiger partial charge < -0.3 is 4.74 Å². The van der Waals surface area contributed by atoms with Crippen LogP contribution in [-0.2, 0) is 14.3 Å². The summed E-state index contributed by atoms with van der Waals surface area (Å²) >= 11 is 0. The van der Waals surface area contributed by atoms with E-state index in [1.807, 2.05) is 0 Å². The van der Waals surface area contributed by atoms with Crippen LogP contribution in [0.2, 0.25) is 0 Å². The van der Waals surface area contributed by atoms with Crippen molar-refractivity contribution in [2.45, 2.75) is 45.1 Å². The summed E-state index contributed by atoms with van der Waals surface area (Å²) in [5.41, 5.74) is 0. The van der Waals surface area contributed by atoms with Gasteiger partial charge in [0.15, 0.2) is 0 Å². The van der Waals surface area contributed by atoms with Crippen LogP contribution in [0.1, 0.15) is 39.0 Å². The first-order chi connectivity index (χ1) is 7.16. The van der Waals surface area contributed by atoms with Crippen LogP contribution in [0.25, 0.3) is 0 Å². The normalized spacial score (nSPS) is 17.5. The third-order valence-corrected chi connectivity index (χ3v) is 2.82. The molecule has 2 amide bonds. The van der Waals surface area contributed by atoms with E-state index < -0.39 is 0 Å². The minimum atomic E-state index is -0.211. The average molecular weight is 213 g/mol. The van der Waals surface area contributed by atoms with E-state index in [4.69, 9.17) is 4.74 Å². The lowest BCUT2D eigenvalue weighted by Gasteiger charge is -2.31. The molecule has 0 spiro atoms. The fraction of sp³-hybridized carbons (Fsp3) is 0.818. The Morgan fingerprint density at radius 1 is 1.27 bits per heavy atom. The van der Waals surface area contributed by atoms with E-state index in [1.54, 1.807) is 0 Å². The maximum Gasteiger partial charge on any atom is 0.255 e. The number of carbonyl (C=O) groups excluding carboxylic acids is 2. The molecule has 1 aliphatic rings. The molecule has 86 valence electrons. The lowest BCUT2D eigenvalue weighted by atomic mass is 9.94. The van der Waals surface area contributed by atoms with Crippen molar-refractivity contribution in [2.75, 3.05) is 13.7 Å². The molecule has 1 saturated carbocycles. The van der Waals surface area contributed by atoms with Crippen molar-refractivity contribution in [3.05, 3.63) is 0 Å². The van der Waals surface area contributed by atoms with E-state index >= 15 is 0 Å². The fourth-order valence-corrected chi connectivity index (χ4v) is 2.17. The molecular weight excluding hydrogens is 194 g/mol. The highest BCUT2D eigenvalue weighted by Gasteiger charge is 2.28. The minimum absolute atomic E-state index is 0.00389. The second-order valence-corrected chi connectivity index (χ2v) is 4.01. The number of ether oxygens (including phenoxy) is 1. The molecule has 0 aromatic rings. The molecule has 0 aromatic carbocycles. The summed E-state index contributed by atoms with van der Waals surface area (Å²) in [5, 5.41) is 0. The zero-order valence-corrected chi connectivity index (χ0v) is 9.49. The number of methoxy groups -OCH3 is 1. The van der Waals surface area contributed by atoms with Gasteiger partial charge in [0.05, 0.1) is 0 Å². The number of hydrogen-bond donors (Lipinski definition) is 0. The quantitative estimate of drug-likeness (QED) is 0.710. The molecule has 1 fully saturated rings. The minimum Gasteiger partial charge on any atom is -0.375 e. The monoisotopic (exact) mass is 213 g/mol. The van der Waals surface area contributed by atoms with Crippen molar-refractivity contribution >= 4 is 11.8 Å². The second kappa shape index (κ2) is 5.85. The van der Waals surface area contributed by atoms with Crippen molar-refractivity contribution in [3.8, 4) is 0 Å². The maximum absolute atomic E-state index is 11.7. The smallest absolute Gasteiger partial charge is 0.255 e. The molecule has 4 heteroatoms. The molecule has 1 rings (SSSR count). The van der Waals surface area contributed by atoms with Gasteiger partial charge in [-0.3, -0.25) is 14.5 Å². The van der Waals surface area contributed by atoms with Gasteiger partial charge >= 0.3 is 0 Å². The number of imide groups is 1. The predicted octanol–water partition coefficient (Wildman–Crippen LogP) is 1.34. The summed E-state index contributed by atoms with van der Waals surface area (Å²) < 4.78 is 4.78. The van der Waals surface area contributed by atoms with Gasteiger partial charge in [-0.15, -0.1) is 0 Å². The van der Waals surface area contributed by atoms with Gasteiger partial charge in [0, 0.05) is 20.1 Å². The van der Waals surface area contributed by atoms with Gasteiger partial charge in [0.1, 0.15) is 6.61 Å². The van der Waals surface area contributed by atoms with Crippen LogP contribution in [0.4, 0.5) is 0 Å². The zero-order chi connectivity index (χ0) is 11.3. The van der Waals surface area contributed by atoms with Crippen LogP contribution in [0.15, 0.2) is 0 Å². The molecular formula is C11H19NO3. The number of nitrogens with zero attached hydrogens (tertiary/aromatic N) is 1. The molecule has 0 aromatic heterocycles. The highest BCUT2D eigenvalue weighted by Crippen LogP contribution is 2.22. The summed E-state index contributed by atoms with van der Waals surface area (Å²) in [6, 6.07) is 0.0962. The van der Waals surface area contributed by atoms with Crippen LogP contribution in [0.5, 0.6) is 0 Å². The summed E-state index contributed by atoms with van der Waals surface area (Å²) in [5.74, 6) is -0.374. The Hall–Kier alpha value is -0.900. The molecule has 0 unspecified atom stereocenters. The molecule has 0 N–H and O–H groups in total. The Morgan fingerprint density at radius 2 is 1.87 bits per heavy atom. The van der Waals surface area contributed by atoms with E-state index in [9.17, 15) is 9.59 Å². The van der Waals surface area contributed by atoms with Crippen LogP contribution < -0.4 is 0 Å². The second-order valence-electron chi connectivity index (χ2n) is 4.01. The highest BCUT2D eigenvalue weighted by molar-refractivity contribution is 5.95. The topological polar surface area (TPSA) is 46.6 Å².